The Balaban J connectivity index is 2.29. The molecule has 2 aromatic rings. The van der Waals surface area contributed by atoms with Crippen LogP contribution in [0.25, 0.3) is 5.69 Å². The molecule has 2 rings (SSSR count). The molecule has 3 heteroatoms. The molecule has 1 atom stereocenters. The highest BCUT2D eigenvalue weighted by atomic mass is 15.1. The number of aryl methyl sites for hydroxylation is 1. The molecule has 0 aliphatic carbocycles. The van der Waals surface area contributed by atoms with Crippen LogP contribution in [-0.4, -0.2) is 9.55 Å². The van der Waals surface area contributed by atoms with Crippen LogP contribution in [0.2, 0.25) is 0 Å². The van der Waals surface area contributed by atoms with E-state index in [1.165, 1.54) is 5.56 Å². The summed E-state index contributed by atoms with van der Waals surface area (Å²) in [4.78, 5) is 4.32. The van der Waals surface area contributed by atoms with Gasteiger partial charge in [0.2, 0.25) is 0 Å². The highest BCUT2D eigenvalue weighted by Crippen LogP contribution is 2.17. The average Bonchev–Trinajstić information content (AvgIpc) is 2.86. The zero-order chi connectivity index (χ0) is 12.3. The summed E-state index contributed by atoms with van der Waals surface area (Å²) < 4.78 is 2.11. The summed E-state index contributed by atoms with van der Waals surface area (Å²) in [6.07, 6.45) is 5.73. The topological polar surface area (TPSA) is 43.8 Å². The van der Waals surface area contributed by atoms with Gasteiger partial charge in [-0.15, -0.1) is 0 Å². The number of nitrogens with zero attached hydrogens (tertiary/aromatic N) is 2. The molecule has 0 aliphatic rings. The summed E-state index contributed by atoms with van der Waals surface area (Å²) in [6.45, 7) is 4.21. The lowest BCUT2D eigenvalue weighted by molar-refractivity contribution is 0.698. The molecule has 0 saturated heterocycles. The number of rotatable bonds is 4. The number of benzene rings is 1. The number of hydrogen-bond acceptors (Lipinski definition) is 2. The van der Waals surface area contributed by atoms with Gasteiger partial charge in [0.25, 0.3) is 0 Å². The number of aromatic nitrogens is 2. The standard InChI is InChI=1S/C14H19N3/c1-3-13(15)11-5-7-12(8-6-11)17-10-9-16-14(17)4-2/h5-10,13H,3-4,15H2,1-2H3/t13-/m1/s1. The molecule has 1 aromatic carbocycles. The van der Waals surface area contributed by atoms with E-state index in [0.29, 0.717) is 0 Å². The molecular weight excluding hydrogens is 210 g/mol. The first-order chi connectivity index (χ1) is 8.26. The van der Waals surface area contributed by atoms with Gasteiger partial charge in [-0.3, -0.25) is 0 Å². The lowest BCUT2D eigenvalue weighted by Crippen LogP contribution is -2.08. The van der Waals surface area contributed by atoms with Crippen molar-refractivity contribution >= 4 is 0 Å². The zero-order valence-electron chi connectivity index (χ0n) is 10.4. The van der Waals surface area contributed by atoms with Gasteiger partial charge in [0.05, 0.1) is 0 Å². The van der Waals surface area contributed by atoms with Gasteiger partial charge in [-0.05, 0) is 24.1 Å². The van der Waals surface area contributed by atoms with Crippen LogP contribution in [-0.2, 0) is 6.42 Å². The Kier molecular flexibility index (Phi) is 3.59. The van der Waals surface area contributed by atoms with E-state index in [4.69, 9.17) is 5.73 Å². The van der Waals surface area contributed by atoms with Crippen LogP contribution in [0.3, 0.4) is 0 Å². The van der Waals surface area contributed by atoms with Crippen LogP contribution in [0, 0.1) is 0 Å². The van der Waals surface area contributed by atoms with Crippen LogP contribution in [0.15, 0.2) is 36.7 Å². The van der Waals surface area contributed by atoms with Crippen molar-refractivity contribution < 1.29 is 0 Å². The van der Waals surface area contributed by atoms with E-state index in [-0.39, 0.29) is 6.04 Å². The summed E-state index contributed by atoms with van der Waals surface area (Å²) in [6, 6.07) is 8.54. The quantitative estimate of drug-likeness (QED) is 0.876. The fourth-order valence-corrected chi connectivity index (χ4v) is 1.95. The first-order valence-electron chi connectivity index (χ1n) is 6.14. The summed E-state index contributed by atoms with van der Waals surface area (Å²) >= 11 is 0. The molecule has 1 aromatic heterocycles. The predicted octanol–water partition coefficient (Wildman–Crippen LogP) is 2.84. The van der Waals surface area contributed by atoms with Crippen LogP contribution < -0.4 is 5.73 Å². The van der Waals surface area contributed by atoms with Crippen molar-refractivity contribution in [3.05, 3.63) is 48.0 Å². The summed E-state index contributed by atoms with van der Waals surface area (Å²) in [5, 5.41) is 0. The van der Waals surface area contributed by atoms with Crippen molar-refractivity contribution in [2.24, 2.45) is 5.73 Å². The predicted molar refractivity (Wildman–Crippen MR) is 70.2 cm³/mol. The Morgan fingerprint density at radius 2 is 1.94 bits per heavy atom. The van der Waals surface area contributed by atoms with E-state index in [2.05, 4.69) is 47.7 Å². The maximum Gasteiger partial charge on any atom is 0.112 e. The van der Waals surface area contributed by atoms with Gasteiger partial charge in [-0.2, -0.15) is 0 Å². The van der Waals surface area contributed by atoms with Crippen molar-refractivity contribution in [1.82, 2.24) is 9.55 Å². The normalized spacial score (nSPS) is 12.6. The molecule has 0 unspecified atom stereocenters. The smallest absolute Gasteiger partial charge is 0.112 e. The highest BCUT2D eigenvalue weighted by molar-refractivity contribution is 5.36. The van der Waals surface area contributed by atoms with E-state index in [9.17, 15) is 0 Å². The molecule has 0 spiro atoms. The second-order valence-corrected chi connectivity index (χ2v) is 4.17. The van der Waals surface area contributed by atoms with Gasteiger partial charge in [-0.25, -0.2) is 4.98 Å². The third-order valence-electron chi connectivity index (χ3n) is 3.07. The molecule has 0 saturated carbocycles. The molecule has 0 aliphatic heterocycles. The minimum absolute atomic E-state index is 0.137. The highest BCUT2D eigenvalue weighted by Gasteiger charge is 2.05. The monoisotopic (exact) mass is 229 g/mol. The minimum Gasteiger partial charge on any atom is -0.324 e. The Hall–Kier alpha value is -1.61. The molecule has 1 heterocycles. The maximum absolute atomic E-state index is 6.00. The number of imidazole rings is 1. The Morgan fingerprint density at radius 1 is 1.24 bits per heavy atom. The fraction of sp³-hybridized carbons (Fsp3) is 0.357. The van der Waals surface area contributed by atoms with Gasteiger partial charge in [0.15, 0.2) is 0 Å². The van der Waals surface area contributed by atoms with E-state index < -0.39 is 0 Å². The van der Waals surface area contributed by atoms with E-state index in [1.54, 1.807) is 0 Å². The molecule has 3 nitrogen and oxygen atoms in total. The van der Waals surface area contributed by atoms with Gasteiger partial charge in [0, 0.05) is 30.5 Å². The van der Waals surface area contributed by atoms with Gasteiger partial charge in [-0.1, -0.05) is 26.0 Å². The zero-order valence-corrected chi connectivity index (χ0v) is 10.4. The molecule has 0 bridgehead atoms. The third-order valence-corrected chi connectivity index (χ3v) is 3.07. The average molecular weight is 229 g/mol. The Labute approximate surface area is 102 Å². The van der Waals surface area contributed by atoms with E-state index in [1.807, 2.05) is 12.4 Å². The Morgan fingerprint density at radius 3 is 2.53 bits per heavy atom. The first-order valence-corrected chi connectivity index (χ1v) is 6.14. The molecule has 0 fully saturated rings. The number of hydrogen-bond donors (Lipinski definition) is 1. The second kappa shape index (κ2) is 5.15. The molecule has 90 valence electrons. The van der Waals surface area contributed by atoms with Crippen molar-refractivity contribution in [1.29, 1.82) is 0 Å². The van der Waals surface area contributed by atoms with Crippen molar-refractivity contribution in [3.63, 3.8) is 0 Å². The molecule has 17 heavy (non-hydrogen) atoms. The largest absolute Gasteiger partial charge is 0.324 e. The Bertz CT molecular complexity index is 470. The summed E-state index contributed by atoms with van der Waals surface area (Å²) in [5.74, 6) is 1.08. The fourth-order valence-electron chi connectivity index (χ4n) is 1.95. The third kappa shape index (κ3) is 2.39. The van der Waals surface area contributed by atoms with Crippen LogP contribution in [0.1, 0.15) is 37.7 Å². The molecular formula is C14H19N3. The maximum atomic E-state index is 6.00. The van der Waals surface area contributed by atoms with Crippen molar-refractivity contribution in [3.8, 4) is 5.69 Å². The van der Waals surface area contributed by atoms with Crippen LogP contribution >= 0.6 is 0 Å². The van der Waals surface area contributed by atoms with Crippen molar-refractivity contribution in [2.45, 2.75) is 32.7 Å². The van der Waals surface area contributed by atoms with E-state index >= 15 is 0 Å². The summed E-state index contributed by atoms with van der Waals surface area (Å²) in [7, 11) is 0. The van der Waals surface area contributed by atoms with Gasteiger partial charge >= 0.3 is 0 Å². The summed E-state index contributed by atoms with van der Waals surface area (Å²) in [5.41, 5.74) is 8.33. The molecule has 0 amide bonds. The van der Waals surface area contributed by atoms with Crippen LogP contribution in [0.4, 0.5) is 0 Å². The van der Waals surface area contributed by atoms with Gasteiger partial charge in [0.1, 0.15) is 5.82 Å². The second-order valence-electron chi connectivity index (χ2n) is 4.17. The van der Waals surface area contributed by atoms with E-state index in [0.717, 1.165) is 24.4 Å². The first kappa shape index (κ1) is 11.9. The molecule has 0 radical (unpaired) electrons. The molecule has 2 N–H and O–H groups in total. The van der Waals surface area contributed by atoms with Crippen LogP contribution in [0.5, 0.6) is 0 Å². The minimum atomic E-state index is 0.137. The SMILES string of the molecule is CCc1nccn1-c1ccc([C@H](N)CC)cc1. The lowest BCUT2D eigenvalue weighted by atomic mass is 10.1. The van der Waals surface area contributed by atoms with Gasteiger partial charge < -0.3 is 10.3 Å². The lowest BCUT2D eigenvalue weighted by Gasteiger charge is -2.11. The number of nitrogens with two attached hydrogens (primary N) is 1. The van der Waals surface area contributed by atoms with Crippen molar-refractivity contribution in [2.75, 3.05) is 0 Å².